The van der Waals surface area contributed by atoms with Crippen LogP contribution in [0.2, 0.25) is 0 Å². The molecule has 1 amide bonds. The van der Waals surface area contributed by atoms with Gasteiger partial charge in [-0.1, -0.05) is 29.5 Å². The molecular weight excluding hydrogens is 388 g/mol. The van der Waals surface area contributed by atoms with Crippen molar-refractivity contribution in [3.8, 4) is 0 Å². The normalized spacial score (nSPS) is 11.6. The maximum absolute atomic E-state index is 12.3. The van der Waals surface area contributed by atoms with Gasteiger partial charge in [0.2, 0.25) is 5.91 Å². The Morgan fingerprint density at radius 1 is 1.19 bits per heavy atom. The number of nitrogens with zero attached hydrogens (tertiary/aromatic N) is 1. The van der Waals surface area contributed by atoms with E-state index in [-0.39, 0.29) is 23.0 Å². The summed E-state index contributed by atoms with van der Waals surface area (Å²) in [5, 5.41) is 2.76. The molecule has 0 saturated carbocycles. The number of aromatic nitrogens is 1. The van der Waals surface area contributed by atoms with Crippen molar-refractivity contribution >= 4 is 54.7 Å². The number of rotatable bonds is 6. The van der Waals surface area contributed by atoms with Crippen molar-refractivity contribution in [2.75, 3.05) is 17.3 Å². The van der Waals surface area contributed by atoms with Crippen molar-refractivity contribution in [1.82, 2.24) is 4.98 Å². The molecule has 1 N–H and O–H groups in total. The lowest BCUT2D eigenvalue weighted by Gasteiger charge is -2.07. The highest BCUT2D eigenvalue weighted by Crippen LogP contribution is 2.30. The molecule has 0 fully saturated rings. The summed E-state index contributed by atoms with van der Waals surface area (Å²) in [5.74, 6) is -0.545. The third-order valence-electron chi connectivity index (χ3n) is 3.81. The molecule has 0 unspecified atom stereocenters. The van der Waals surface area contributed by atoms with E-state index in [0.717, 1.165) is 20.1 Å². The van der Waals surface area contributed by atoms with Gasteiger partial charge >= 0.3 is 0 Å². The van der Waals surface area contributed by atoms with E-state index in [1.165, 1.54) is 0 Å². The minimum Gasteiger partial charge on any atom is -0.326 e. The average molecular weight is 407 g/mol. The molecule has 2 aromatic carbocycles. The molecule has 26 heavy (non-hydrogen) atoms. The van der Waals surface area contributed by atoms with Crippen molar-refractivity contribution < 1.29 is 13.2 Å². The second-order valence-corrected chi connectivity index (χ2v) is 9.99. The first-order valence-electron chi connectivity index (χ1n) is 7.91. The number of carbonyl (C=O) groups is 1. The zero-order valence-corrected chi connectivity index (χ0v) is 16.8. The molecule has 3 aromatic rings. The smallest absolute Gasteiger partial charge is 0.225 e. The van der Waals surface area contributed by atoms with Gasteiger partial charge in [-0.25, -0.2) is 13.4 Å². The Hall–Kier alpha value is -1.90. The van der Waals surface area contributed by atoms with Gasteiger partial charge in [-0.2, -0.15) is 0 Å². The van der Waals surface area contributed by atoms with Crippen LogP contribution in [0.4, 0.5) is 5.69 Å². The summed E-state index contributed by atoms with van der Waals surface area (Å²) in [6.07, 6.45) is 1.88. The molecule has 1 heterocycles. The number of fused-ring (bicyclic) bond motifs is 1. The Morgan fingerprint density at radius 3 is 2.62 bits per heavy atom. The topological polar surface area (TPSA) is 76.1 Å². The Morgan fingerprint density at radius 2 is 1.92 bits per heavy atom. The molecule has 1 aromatic heterocycles. The third kappa shape index (κ3) is 4.44. The SMILES string of the molecule is CSc1nc2ccc(NC(=O)CCS(=O)(=O)c3ccc(C)cc3)cc2s1. The molecule has 136 valence electrons. The lowest BCUT2D eigenvalue weighted by Crippen LogP contribution is -2.17. The van der Waals surface area contributed by atoms with Crippen LogP contribution < -0.4 is 5.32 Å². The van der Waals surface area contributed by atoms with Crippen molar-refractivity contribution in [1.29, 1.82) is 0 Å². The number of hydrogen-bond acceptors (Lipinski definition) is 6. The number of hydrogen-bond donors (Lipinski definition) is 1. The largest absolute Gasteiger partial charge is 0.326 e. The maximum atomic E-state index is 12.3. The van der Waals surface area contributed by atoms with E-state index >= 15 is 0 Å². The van der Waals surface area contributed by atoms with Gasteiger partial charge in [-0.15, -0.1) is 11.3 Å². The first-order chi connectivity index (χ1) is 12.4. The summed E-state index contributed by atoms with van der Waals surface area (Å²) < 4.78 is 26.6. The number of sulfone groups is 1. The maximum Gasteiger partial charge on any atom is 0.225 e. The second-order valence-electron chi connectivity index (χ2n) is 5.80. The number of aryl methyl sites for hydroxylation is 1. The molecule has 3 rings (SSSR count). The van der Waals surface area contributed by atoms with Gasteiger partial charge < -0.3 is 5.32 Å². The number of thiazole rings is 1. The summed E-state index contributed by atoms with van der Waals surface area (Å²) in [7, 11) is -3.47. The molecule has 0 aliphatic heterocycles. The highest BCUT2D eigenvalue weighted by Gasteiger charge is 2.16. The van der Waals surface area contributed by atoms with E-state index in [2.05, 4.69) is 10.3 Å². The summed E-state index contributed by atoms with van der Waals surface area (Å²) in [6.45, 7) is 1.89. The van der Waals surface area contributed by atoms with Gasteiger partial charge in [0, 0.05) is 12.1 Å². The molecule has 8 heteroatoms. The summed E-state index contributed by atoms with van der Waals surface area (Å²) in [5.41, 5.74) is 2.52. The van der Waals surface area contributed by atoms with Gasteiger partial charge in [0.05, 0.1) is 20.9 Å². The average Bonchev–Trinajstić information content (AvgIpc) is 3.03. The Bertz CT molecular complexity index is 1040. The van der Waals surface area contributed by atoms with Crippen molar-refractivity contribution in [2.24, 2.45) is 0 Å². The number of anilines is 1. The van der Waals surface area contributed by atoms with E-state index < -0.39 is 9.84 Å². The van der Waals surface area contributed by atoms with Crippen LogP contribution in [0.25, 0.3) is 10.2 Å². The zero-order valence-electron chi connectivity index (χ0n) is 14.4. The predicted molar refractivity (Wildman–Crippen MR) is 108 cm³/mol. The van der Waals surface area contributed by atoms with Gasteiger partial charge in [-0.05, 0) is 43.5 Å². The van der Waals surface area contributed by atoms with Crippen LogP contribution in [0, 0.1) is 6.92 Å². The standard InChI is InChI=1S/C18H18N2O3S3/c1-12-3-6-14(7-4-12)26(22,23)10-9-17(21)19-13-5-8-15-16(11-13)25-18(20-15)24-2/h3-8,11H,9-10H2,1-2H3,(H,19,21). The quantitative estimate of drug-likeness (QED) is 0.623. The van der Waals surface area contributed by atoms with Gasteiger partial charge in [0.25, 0.3) is 0 Å². The van der Waals surface area contributed by atoms with Gasteiger partial charge in [-0.3, -0.25) is 4.79 Å². The number of thioether (sulfide) groups is 1. The number of amides is 1. The van der Waals surface area contributed by atoms with Crippen molar-refractivity contribution in [3.63, 3.8) is 0 Å². The predicted octanol–water partition coefficient (Wildman–Crippen LogP) is 4.13. The fraction of sp³-hybridized carbons (Fsp3) is 0.222. The van der Waals surface area contributed by atoms with E-state index in [4.69, 9.17) is 0 Å². The minimum absolute atomic E-state index is 0.0903. The van der Waals surface area contributed by atoms with E-state index in [0.29, 0.717) is 5.69 Å². The molecule has 0 bridgehead atoms. The Kier molecular flexibility index (Phi) is 5.64. The van der Waals surface area contributed by atoms with E-state index in [9.17, 15) is 13.2 Å². The van der Waals surface area contributed by atoms with Crippen LogP contribution in [0.5, 0.6) is 0 Å². The minimum atomic E-state index is -3.47. The first kappa shape index (κ1) is 18.9. The second kappa shape index (κ2) is 7.77. The fourth-order valence-electron chi connectivity index (χ4n) is 2.38. The van der Waals surface area contributed by atoms with E-state index in [1.807, 2.05) is 25.3 Å². The summed E-state index contributed by atoms with van der Waals surface area (Å²) in [6, 6.07) is 12.1. The molecule has 0 saturated heterocycles. The molecule has 0 aliphatic rings. The van der Waals surface area contributed by atoms with Gasteiger partial charge in [0.15, 0.2) is 14.2 Å². The van der Waals surface area contributed by atoms with Crippen LogP contribution in [0.1, 0.15) is 12.0 Å². The zero-order chi connectivity index (χ0) is 18.7. The number of nitrogens with one attached hydrogen (secondary N) is 1. The number of benzene rings is 2. The lowest BCUT2D eigenvalue weighted by atomic mass is 10.2. The molecule has 0 spiro atoms. The number of carbonyl (C=O) groups excluding carboxylic acids is 1. The van der Waals surface area contributed by atoms with Crippen molar-refractivity contribution in [2.45, 2.75) is 22.6 Å². The fourth-order valence-corrected chi connectivity index (χ4v) is 5.15. The van der Waals surface area contributed by atoms with E-state index in [1.54, 1.807) is 53.4 Å². The van der Waals surface area contributed by atoms with Crippen LogP contribution in [-0.2, 0) is 14.6 Å². The Labute approximate surface area is 160 Å². The van der Waals surface area contributed by atoms with Crippen LogP contribution in [0.3, 0.4) is 0 Å². The van der Waals surface area contributed by atoms with Crippen molar-refractivity contribution in [3.05, 3.63) is 48.0 Å². The first-order valence-corrected chi connectivity index (χ1v) is 11.6. The van der Waals surface area contributed by atoms with Crippen LogP contribution in [0.15, 0.2) is 51.7 Å². The third-order valence-corrected chi connectivity index (χ3v) is 7.54. The lowest BCUT2D eigenvalue weighted by molar-refractivity contribution is -0.115. The monoisotopic (exact) mass is 406 g/mol. The van der Waals surface area contributed by atoms with Gasteiger partial charge in [0.1, 0.15) is 0 Å². The summed E-state index contributed by atoms with van der Waals surface area (Å²) >= 11 is 3.14. The highest BCUT2D eigenvalue weighted by molar-refractivity contribution is 8.00. The Balaban J connectivity index is 1.64. The molecule has 0 radical (unpaired) electrons. The highest BCUT2D eigenvalue weighted by atomic mass is 32.2. The molecule has 5 nitrogen and oxygen atoms in total. The summed E-state index contributed by atoms with van der Waals surface area (Å²) in [4.78, 5) is 16.8. The van der Waals surface area contributed by atoms with Crippen LogP contribution in [-0.4, -0.2) is 31.3 Å². The molecule has 0 atom stereocenters. The van der Waals surface area contributed by atoms with Crippen LogP contribution >= 0.6 is 23.1 Å². The molecular formula is C18H18N2O3S3. The molecule has 0 aliphatic carbocycles.